The Morgan fingerprint density at radius 3 is 1.93 bits per heavy atom. The number of non-ortho nitro benzene ring substituents is 1. The average molecular weight is 392 g/mol. The van der Waals surface area contributed by atoms with Crippen LogP contribution in [0, 0.1) is 16.0 Å². The summed E-state index contributed by atoms with van der Waals surface area (Å²) in [5, 5.41) is 10.7. The van der Waals surface area contributed by atoms with Gasteiger partial charge in [-0.05, 0) is 41.3 Å². The Kier molecular flexibility index (Phi) is 6.29. The highest BCUT2D eigenvalue weighted by Gasteiger charge is 2.29. The van der Waals surface area contributed by atoms with Crippen LogP contribution >= 0.6 is 0 Å². The number of methoxy groups -OCH3 is 1. The zero-order valence-corrected chi connectivity index (χ0v) is 15.9. The van der Waals surface area contributed by atoms with Crippen molar-refractivity contribution in [3.05, 3.63) is 58.6 Å². The predicted octanol–water partition coefficient (Wildman–Crippen LogP) is 2.74. The quantitative estimate of drug-likeness (QED) is 0.440. The summed E-state index contributed by atoms with van der Waals surface area (Å²) >= 11 is 0. The molecule has 1 atom stereocenters. The number of hydrogen-bond acceptors (Lipinski definition) is 6. The van der Waals surface area contributed by atoms with Crippen LogP contribution in [0.1, 0.15) is 13.8 Å². The van der Waals surface area contributed by atoms with Crippen LogP contribution in [0.3, 0.4) is 0 Å². The minimum Gasteiger partial charge on any atom is -0.468 e. The number of nitrogens with one attached hydrogen (secondary N) is 1. The van der Waals surface area contributed by atoms with Gasteiger partial charge >= 0.3 is 5.97 Å². The molecule has 0 amide bonds. The van der Waals surface area contributed by atoms with E-state index in [0.29, 0.717) is 11.1 Å². The fourth-order valence-electron chi connectivity index (χ4n) is 2.42. The Balaban J connectivity index is 2.24. The molecule has 9 heteroatoms. The van der Waals surface area contributed by atoms with Gasteiger partial charge in [0.05, 0.1) is 16.9 Å². The fourth-order valence-corrected chi connectivity index (χ4v) is 3.75. The van der Waals surface area contributed by atoms with Crippen molar-refractivity contribution in [1.82, 2.24) is 4.72 Å². The molecule has 0 bridgehead atoms. The summed E-state index contributed by atoms with van der Waals surface area (Å²) in [6, 6.07) is 11.0. The maximum atomic E-state index is 12.5. The van der Waals surface area contributed by atoms with Crippen molar-refractivity contribution in [3.63, 3.8) is 0 Å². The van der Waals surface area contributed by atoms with Gasteiger partial charge in [0.15, 0.2) is 0 Å². The van der Waals surface area contributed by atoms with Crippen LogP contribution in [0.4, 0.5) is 5.69 Å². The second-order valence-corrected chi connectivity index (χ2v) is 7.91. The van der Waals surface area contributed by atoms with Gasteiger partial charge in [0.2, 0.25) is 10.0 Å². The minimum absolute atomic E-state index is 0.00251. The third kappa shape index (κ3) is 4.89. The second-order valence-electron chi connectivity index (χ2n) is 6.19. The van der Waals surface area contributed by atoms with Gasteiger partial charge in [-0.15, -0.1) is 0 Å². The molecule has 8 nitrogen and oxygen atoms in total. The average Bonchev–Trinajstić information content (AvgIpc) is 2.65. The van der Waals surface area contributed by atoms with E-state index >= 15 is 0 Å². The third-order valence-electron chi connectivity index (χ3n) is 3.98. The molecule has 0 heterocycles. The van der Waals surface area contributed by atoms with Gasteiger partial charge in [0.1, 0.15) is 6.04 Å². The van der Waals surface area contributed by atoms with E-state index in [1.807, 2.05) is 0 Å². The van der Waals surface area contributed by atoms with Crippen LogP contribution in [0.2, 0.25) is 0 Å². The van der Waals surface area contributed by atoms with E-state index in [4.69, 9.17) is 0 Å². The van der Waals surface area contributed by atoms with Crippen molar-refractivity contribution >= 4 is 21.7 Å². The Bertz CT molecular complexity index is 921. The highest BCUT2D eigenvalue weighted by molar-refractivity contribution is 7.89. The molecule has 0 spiro atoms. The summed E-state index contributed by atoms with van der Waals surface area (Å²) in [6.45, 7) is 3.42. The second kappa shape index (κ2) is 8.28. The Hall–Kier alpha value is -2.78. The molecular weight excluding hydrogens is 372 g/mol. The van der Waals surface area contributed by atoms with Gasteiger partial charge in [-0.25, -0.2) is 8.42 Å². The van der Waals surface area contributed by atoms with E-state index in [-0.39, 0.29) is 16.5 Å². The summed E-state index contributed by atoms with van der Waals surface area (Å²) in [5.74, 6) is -0.942. The van der Waals surface area contributed by atoms with Crippen molar-refractivity contribution in [2.75, 3.05) is 7.11 Å². The maximum Gasteiger partial charge on any atom is 0.324 e. The molecule has 0 aliphatic carbocycles. The number of rotatable bonds is 7. The van der Waals surface area contributed by atoms with Crippen molar-refractivity contribution in [2.45, 2.75) is 24.8 Å². The molecule has 1 N–H and O–H groups in total. The molecule has 0 aliphatic rings. The van der Waals surface area contributed by atoms with Crippen molar-refractivity contribution < 1.29 is 22.9 Å². The number of carbonyl (C=O) groups excluding carboxylic acids is 1. The maximum absolute atomic E-state index is 12.5. The molecule has 0 unspecified atom stereocenters. The monoisotopic (exact) mass is 392 g/mol. The molecule has 0 aromatic heterocycles. The van der Waals surface area contributed by atoms with Gasteiger partial charge in [-0.2, -0.15) is 4.72 Å². The fraction of sp³-hybridized carbons (Fsp3) is 0.278. The van der Waals surface area contributed by atoms with E-state index in [9.17, 15) is 23.3 Å². The molecule has 0 saturated heterocycles. The SMILES string of the molecule is COC(=O)[C@@H](NS(=O)(=O)c1ccc(-c2ccc([N+](=O)[O-])cc2)cc1)C(C)C. The number of hydrogen-bond donors (Lipinski definition) is 1. The lowest BCUT2D eigenvalue weighted by molar-refractivity contribution is -0.384. The summed E-state index contributed by atoms with van der Waals surface area (Å²) in [4.78, 5) is 22.0. The van der Waals surface area contributed by atoms with Crippen molar-refractivity contribution in [2.24, 2.45) is 5.92 Å². The topological polar surface area (TPSA) is 116 Å². The third-order valence-corrected chi connectivity index (χ3v) is 5.44. The zero-order chi connectivity index (χ0) is 20.2. The van der Waals surface area contributed by atoms with Crippen LogP contribution in [0.25, 0.3) is 11.1 Å². The highest BCUT2D eigenvalue weighted by Crippen LogP contribution is 2.24. The molecule has 144 valence electrons. The van der Waals surface area contributed by atoms with Crippen LogP contribution < -0.4 is 4.72 Å². The normalized spacial score (nSPS) is 12.6. The van der Waals surface area contributed by atoms with E-state index in [1.165, 1.54) is 31.4 Å². The smallest absolute Gasteiger partial charge is 0.324 e. The molecule has 27 heavy (non-hydrogen) atoms. The molecular formula is C18H20N2O6S. The first-order valence-electron chi connectivity index (χ1n) is 8.10. The number of nitro groups is 1. The van der Waals surface area contributed by atoms with Gasteiger partial charge in [-0.3, -0.25) is 14.9 Å². The lowest BCUT2D eigenvalue weighted by Gasteiger charge is -2.19. The molecule has 0 fully saturated rings. The molecule has 0 radical (unpaired) electrons. The summed E-state index contributed by atoms with van der Waals surface area (Å²) in [5.41, 5.74) is 1.40. The molecule has 2 aromatic carbocycles. The van der Waals surface area contributed by atoms with Crippen LogP contribution in [-0.2, 0) is 19.6 Å². The summed E-state index contributed by atoms with van der Waals surface area (Å²) < 4.78 is 32.1. The number of ether oxygens (including phenoxy) is 1. The van der Waals surface area contributed by atoms with Gasteiger partial charge < -0.3 is 4.74 Å². The van der Waals surface area contributed by atoms with Crippen LogP contribution in [0.15, 0.2) is 53.4 Å². The lowest BCUT2D eigenvalue weighted by Crippen LogP contribution is -2.44. The molecule has 2 rings (SSSR count). The molecule has 2 aromatic rings. The van der Waals surface area contributed by atoms with Crippen LogP contribution in [-0.4, -0.2) is 32.5 Å². The van der Waals surface area contributed by atoms with Crippen molar-refractivity contribution in [3.8, 4) is 11.1 Å². The number of carbonyl (C=O) groups is 1. The lowest BCUT2D eigenvalue weighted by atomic mass is 10.1. The predicted molar refractivity (Wildman–Crippen MR) is 99.5 cm³/mol. The van der Waals surface area contributed by atoms with E-state index in [0.717, 1.165) is 0 Å². The number of esters is 1. The summed E-state index contributed by atoms with van der Waals surface area (Å²) in [7, 11) is -2.72. The van der Waals surface area contributed by atoms with Crippen molar-refractivity contribution in [1.29, 1.82) is 0 Å². The van der Waals surface area contributed by atoms with Crippen LogP contribution in [0.5, 0.6) is 0 Å². The zero-order valence-electron chi connectivity index (χ0n) is 15.1. The number of sulfonamides is 1. The summed E-state index contributed by atoms with van der Waals surface area (Å²) in [6.07, 6.45) is 0. The molecule has 0 aliphatic heterocycles. The van der Waals surface area contributed by atoms with E-state index < -0.39 is 27.0 Å². The first-order chi connectivity index (χ1) is 12.7. The number of benzene rings is 2. The van der Waals surface area contributed by atoms with E-state index in [1.54, 1.807) is 38.1 Å². The standard InChI is InChI=1S/C18H20N2O6S/c1-12(2)17(18(21)26-3)19-27(24,25)16-10-6-14(7-11-16)13-4-8-15(9-5-13)20(22)23/h4-12,17,19H,1-3H3/t17-/m0/s1. The number of nitrogens with zero attached hydrogens (tertiary/aromatic N) is 1. The van der Waals surface area contributed by atoms with E-state index in [2.05, 4.69) is 9.46 Å². The first-order valence-corrected chi connectivity index (χ1v) is 9.59. The molecule has 0 saturated carbocycles. The van der Waals surface area contributed by atoms with Gasteiger partial charge in [0.25, 0.3) is 5.69 Å². The van der Waals surface area contributed by atoms with Gasteiger partial charge in [0, 0.05) is 12.1 Å². The Labute approximate surface area is 157 Å². The Morgan fingerprint density at radius 1 is 1.04 bits per heavy atom. The highest BCUT2D eigenvalue weighted by atomic mass is 32.2. The largest absolute Gasteiger partial charge is 0.468 e. The number of nitro benzene ring substituents is 1. The first kappa shape index (κ1) is 20.5. The minimum atomic E-state index is -3.92. The Morgan fingerprint density at radius 2 is 1.52 bits per heavy atom. The van der Waals surface area contributed by atoms with Gasteiger partial charge in [-0.1, -0.05) is 26.0 Å².